The maximum Gasteiger partial charge on any atom is 0.280 e. The Bertz CT molecular complexity index is 380. The molecular weight excluding hydrogens is 238 g/mol. The van der Waals surface area contributed by atoms with Crippen LogP contribution in [0.5, 0.6) is 0 Å². The molecule has 1 atom stereocenters. The van der Waals surface area contributed by atoms with E-state index in [1.54, 1.807) is 13.8 Å². The maximum atomic E-state index is 12.1. The van der Waals surface area contributed by atoms with E-state index in [4.69, 9.17) is 5.26 Å². The van der Waals surface area contributed by atoms with Crippen LogP contribution >= 0.6 is 0 Å². The Morgan fingerprint density at radius 3 is 2.24 bits per heavy atom. The van der Waals surface area contributed by atoms with Gasteiger partial charge in [-0.3, -0.25) is 0 Å². The summed E-state index contributed by atoms with van der Waals surface area (Å²) in [5, 5.41) is 9.01. The van der Waals surface area contributed by atoms with Gasteiger partial charge in [0.2, 0.25) is 0 Å². The van der Waals surface area contributed by atoms with Gasteiger partial charge in [-0.25, -0.2) is 0 Å². The largest absolute Gasteiger partial charge is 0.280 e. The summed E-state index contributed by atoms with van der Waals surface area (Å²) in [6.45, 7) is 4.53. The molecule has 1 unspecified atom stereocenters. The molecule has 1 N–H and O–H groups in total. The van der Waals surface area contributed by atoms with Gasteiger partial charge < -0.3 is 0 Å². The van der Waals surface area contributed by atoms with Gasteiger partial charge in [0.25, 0.3) is 10.2 Å². The van der Waals surface area contributed by atoms with Gasteiger partial charge in [-0.05, 0) is 26.2 Å². The first-order valence-corrected chi connectivity index (χ1v) is 7.58. The normalized spacial score (nSPS) is 22.4. The van der Waals surface area contributed by atoms with Gasteiger partial charge in [-0.1, -0.05) is 19.8 Å². The van der Waals surface area contributed by atoms with Crippen LogP contribution in [0.3, 0.4) is 0 Å². The van der Waals surface area contributed by atoms with E-state index in [9.17, 15) is 8.42 Å². The molecule has 0 amide bonds. The van der Waals surface area contributed by atoms with E-state index in [2.05, 4.69) is 4.72 Å². The number of hydrogen-bond acceptors (Lipinski definition) is 3. The molecule has 6 heteroatoms. The molecule has 0 bridgehead atoms. The van der Waals surface area contributed by atoms with E-state index in [0.29, 0.717) is 19.5 Å². The molecule has 1 aliphatic heterocycles. The second-order valence-corrected chi connectivity index (χ2v) is 6.39. The van der Waals surface area contributed by atoms with Crippen LogP contribution in [0.15, 0.2) is 0 Å². The number of hydrogen-bond donors (Lipinski definition) is 1. The Labute approximate surface area is 104 Å². The van der Waals surface area contributed by atoms with Crippen LogP contribution in [-0.2, 0) is 10.2 Å². The van der Waals surface area contributed by atoms with Crippen LogP contribution in [0.25, 0.3) is 0 Å². The van der Waals surface area contributed by atoms with E-state index in [1.807, 2.05) is 6.07 Å². The van der Waals surface area contributed by atoms with Crippen LogP contribution in [0.4, 0.5) is 0 Å². The van der Waals surface area contributed by atoms with Crippen molar-refractivity contribution in [1.29, 1.82) is 5.26 Å². The minimum absolute atomic E-state index is 0.455. The van der Waals surface area contributed by atoms with Gasteiger partial charge in [0.15, 0.2) is 0 Å². The molecule has 0 radical (unpaired) electrons. The number of nitrogens with one attached hydrogen (secondary N) is 1. The quantitative estimate of drug-likeness (QED) is 0.829. The monoisotopic (exact) mass is 259 g/mol. The van der Waals surface area contributed by atoms with Gasteiger partial charge in [-0.15, -0.1) is 0 Å². The Morgan fingerprint density at radius 2 is 1.82 bits per heavy atom. The first-order valence-electron chi connectivity index (χ1n) is 6.14. The van der Waals surface area contributed by atoms with Crippen molar-refractivity contribution >= 4 is 10.2 Å². The van der Waals surface area contributed by atoms with E-state index in [1.165, 1.54) is 4.31 Å². The van der Waals surface area contributed by atoms with Crippen LogP contribution in [-0.4, -0.2) is 31.4 Å². The van der Waals surface area contributed by atoms with Crippen LogP contribution in [0.1, 0.15) is 46.0 Å². The fourth-order valence-electron chi connectivity index (χ4n) is 1.81. The molecule has 1 rings (SSSR count). The molecule has 0 aromatic carbocycles. The summed E-state index contributed by atoms with van der Waals surface area (Å²) in [6, 6.07) is 2.02. The lowest BCUT2D eigenvalue weighted by molar-refractivity contribution is 0.395. The second kappa shape index (κ2) is 5.80. The highest BCUT2D eigenvalue weighted by Gasteiger charge is 2.32. The van der Waals surface area contributed by atoms with Crippen molar-refractivity contribution in [2.24, 2.45) is 0 Å². The van der Waals surface area contributed by atoms with Crippen molar-refractivity contribution in [2.75, 3.05) is 13.1 Å². The number of nitriles is 1. The lowest BCUT2D eigenvalue weighted by Gasteiger charge is -2.27. The van der Waals surface area contributed by atoms with Gasteiger partial charge >= 0.3 is 0 Å². The molecular formula is C11H21N3O2S. The molecule has 5 nitrogen and oxygen atoms in total. The third-order valence-electron chi connectivity index (χ3n) is 3.21. The van der Waals surface area contributed by atoms with E-state index in [-0.39, 0.29) is 0 Å². The molecule has 1 aliphatic rings. The average molecular weight is 259 g/mol. The highest BCUT2D eigenvalue weighted by atomic mass is 32.2. The minimum atomic E-state index is -3.53. The standard InChI is InChI=1S/C11H21N3O2S/c1-3-11(2,10-12)13-17(15,16)14-8-6-4-5-7-9-14/h13H,3-9H2,1-2H3. The van der Waals surface area contributed by atoms with Gasteiger partial charge in [-0.2, -0.15) is 22.7 Å². The SMILES string of the molecule is CCC(C)(C#N)NS(=O)(=O)N1CCCCCC1. The molecule has 1 fully saturated rings. The molecule has 1 heterocycles. The average Bonchev–Trinajstić information content (AvgIpc) is 2.57. The van der Waals surface area contributed by atoms with Crippen molar-refractivity contribution < 1.29 is 8.42 Å². The van der Waals surface area contributed by atoms with Crippen LogP contribution in [0.2, 0.25) is 0 Å². The van der Waals surface area contributed by atoms with E-state index < -0.39 is 15.7 Å². The topological polar surface area (TPSA) is 73.2 Å². The predicted octanol–water partition coefficient (Wildman–Crippen LogP) is 1.39. The highest BCUT2D eigenvalue weighted by Crippen LogP contribution is 2.16. The number of rotatable bonds is 4. The molecule has 0 saturated carbocycles. The highest BCUT2D eigenvalue weighted by molar-refractivity contribution is 7.87. The number of nitrogens with zero attached hydrogens (tertiary/aromatic N) is 2. The molecule has 98 valence electrons. The van der Waals surface area contributed by atoms with Crippen molar-refractivity contribution in [3.8, 4) is 6.07 Å². The van der Waals surface area contributed by atoms with E-state index in [0.717, 1.165) is 25.7 Å². The smallest absolute Gasteiger partial charge is 0.196 e. The summed E-state index contributed by atoms with van der Waals surface area (Å²) in [4.78, 5) is 0. The maximum absolute atomic E-state index is 12.1. The molecule has 17 heavy (non-hydrogen) atoms. The minimum Gasteiger partial charge on any atom is -0.196 e. The van der Waals surface area contributed by atoms with Crippen molar-refractivity contribution in [1.82, 2.24) is 9.03 Å². The molecule has 0 aromatic rings. The molecule has 0 spiro atoms. The predicted molar refractivity (Wildman–Crippen MR) is 66.4 cm³/mol. The van der Waals surface area contributed by atoms with E-state index >= 15 is 0 Å². The molecule has 0 aliphatic carbocycles. The molecule has 1 saturated heterocycles. The summed E-state index contributed by atoms with van der Waals surface area (Å²) in [7, 11) is -3.53. The zero-order valence-electron chi connectivity index (χ0n) is 10.6. The van der Waals surface area contributed by atoms with Gasteiger partial charge in [0.05, 0.1) is 6.07 Å². The van der Waals surface area contributed by atoms with Crippen molar-refractivity contribution in [3.63, 3.8) is 0 Å². The Morgan fingerprint density at radius 1 is 1.29 bits per heavy atom. The Kier molecular flexibility index (Phi) is 4.92. The third kappa shape index (κ3) is 3.95. The zero-order chi connectivity index (χ0) is 12.9. The summed E-state index contributed by atoms with van der Waals surface area (Å²) in [5.41, 5.74) is -1.01. The summed E-state index contributed by atoms with van der Waals surface area (Å²) in [6.07, 6.45) is 4.41. The summed E-state index contributed by atoms with van der Waals surface area (Å²) >= 11 is 0. The van der Waals surface area contributed by atoms with Crippen LogP contribution in [0, 0.1) is 11.3 Å². The Hall–Kier alpha value is -0.640. The summed E-state index contributed by atoms with van der Waals surface area (Å²) in [5.74, 6) is 0. The van der Waals surface area contributed by atoms with Crippen molar-refractivity contribution in [3.05, 3.63) is 0 Å². The zero-order valence-corrected chi connectivity index (χ0v) is 11.4. The summed E-state index contributed by atoms with van der Waals surface area (Å²) < 4.78 is 28.2. The second-order valence-electron chi connectivity index (χ2n) is 4.72. The Balaban J connectivity index is 2.77. The van der Waals surface area contributed by atoms with Crippen LogP contribution < -0.4 is 4.72 Å². The fourth-order valence-corrected chi connectivity index (χ4v) is 3.43. The van der Waals surface area contributed by atoms with Gasteiger partial charge in [0, 0.05) is 13.1 Å². The van der Waals surface area contributed by atoms with Gasteiger partial charge in [0.1, 0.15) is 5.54 Å². The third-order valence-corrected chi connectivity index (χ3v) is 4.97. The fraction of sp³-hybridized carbons (Fsp3) is 0.909. The molecule has 0 aromatic heterocycles. The lowest BCUT2D eigenvalue weighted by atomic mass is 10.0. The van der Waals surface area contributed by atoms with Crippen molar-refractivity contribution in [2.45, 2.75) is 51.5 Å². The first-order chi connectivity index (χ1) is 7.93. The lowest BCUT2D eigenvalue weighted by Crippen LogP contribution is -2.51. The first kappa shape index (κ1) is 14.4.